The quantitative estimate of drug-likeness (QED) is 0.642. The van der Waals surface area contributed by atoms with Gasteiger partial charge in [0.25, 0.3) is 5.91 Å². The number of hydrogen-bond donors (Lipinski definition) is 1. The number of rotatable bonds is 4. The van der Waals surface area contributed by atoms with Gasteiger partial charge in [-0.3, -0.25) is 14.5 Å². The second kappa shape index (κ2) is 8.21. The van der Waals surface area contributed by atoms with Gasteiger partial charge in [0.15, 0.2) is 0 Å². The highest BCUT2D eigenvalue weighted by atomic mass is 19.4. The second-order valence-corrected chi connectivity index (χ2v) is 6.95. The van der Waals surface area contributed by atoms with Crippen molar-refractivity contribution in [2.24, 2.45) is 0 Å². The van der Waals surface area contributed by atoms with Crippen molar-refractivity contribution in [2.45, 2.75) is 25.7 Å². The highest BCUT2D eigenvalue weighted by Gasteiger charge is 2.40. The molecule has 0 saturated carbocycles. The molecule has 0 aliphatic carbocycles. The fourth-order valence-corrected chi connectivity index (χ4v) is 3.23. The molecule has 3 aromatic rings. The molecule has 0 bridgehead atoms. The van der Waals surface area contributed by atoms with Crippen LogP contribution in [-0.4, -0.2) is 39.4 Å². The maximum Gasteiger partial charge on any atom is 0.490 e. The van der Waals surface area contributed by atoms with E-state index in [2.05, 4.69) is 20.1 Å². The molecule has 0 atom stereocenters. The fourth-order valence-electron chi connectivity index (χ4n) is 3.23. The first-order chi connectivity index (χ1) is 14.8. The Morgan fingerprint density at radius 1 is 1.13 bits per heavy atom. The molecular weight excluding hydrogens is 413 g/mol. The van der Waals surface area contributed by atoms with E-state index in [9.17, 15) is 22.8 Å². The monoisotopic (exact) mass is 430 g/mol. The van der Waals surface area contributed by atoms with Crippen LogP contribution in [0.2, 0.25) is 0 Å². The summed E-state index contributed by atoms with van der Waals surface area (Å²) >= 11 is 0. The maximum atomic E-state index is 12.3. The van der Waals surface area contributed by atoms with E-state index in [-0.39, 0.29) is 5.91 Å². The van der Waals surface area contributed by atoms with E-state index >= 15 is 0 Å². The van der Waals surface area contributed by atoms with Gasteiger partial charge < -0.3 is 10.1 Å². The zero-order chi connectivity index (χ0) is 22.0. The van der Waals surface area contributed by atoms with Gasteiger partial charge in [-0.05, 0) is 36.2 Å². The molecule has 1 aliphatic rings. The summed E-state index contributed by atoms with van der Waals surface area (Å²) in [5.74, 6) is -2.41. The van der Waals surface area contributed by atoms with Crippen LogP contribution in [0.25, 0.3) is 22.5 Å². The largest absolute Gasteiger partial charge is 0.490 e. The third-order valence-corrected chi connectivity index (χ3v) is 4.72. The smallest absolute Gasteiger partial charge is 0.454 e. The summed E-state index contributed by atoms with van der Waals surface area (Å²) in [5.41, 5.74) is 3.44. The summed E-state index contributed by atoms with van der Waals surface area (Å²) in [6.07, 6.45) is -2.66. The third-order valence-electron chi connectivity index (χ3n) is 4.72. The summed E-state index contributed by atoms with van der Waals surface area (Å²) < 4.78 is 42.9. The van der Waals surface area contributed by atoms with E-state index in [1.807, 2.05) is 0 Å². The first-order valence-corrected chi connectivity index (χ1v) is 9.47. The predicted molar refractivity (Wildman–Crippen MR) is 104 cm³/mol. The minimum atomic E-state index is -5.03. The number of carbonyl (C=O) groups excluding carboxylic acids is 2. The molecule has 10 heteroatoms. The number of fused-ring (bicyclic) bond motifs is 1. The number of benzene rings is 1. The summed E-state index contributed by atoms with van der Waals surface area (Å²) in [6.45, 7) is 0.727. The van der Waals surface area contributed by atoms with Crippen molar-refractivity contribution < 1.29 is 27.5 Å². The van der Waals surface area contributed by atoms with Crippen molar-refractivity contribution in [2.75, 3.05) is 6.54 Å². The molecule has 0 saturated heterocycles. The lowest BCUT2D eigenvalue weighted by molar-refractivity contribution is -0.201. The van der Waals surface area contributed by atoms with Gasteiger partial charge in [-0.2, -0.15) is 18.3 Å². The van der Waals surface area contributed by atoms with Crippen LogP contribution >= 0.6 is 0 Å². The summed E-state index contributed by atoms with van der Waals surface area (Å²) in [4.78, 5) is 27.4. The number of esters is 1. The van der Waals surface area contributed by atoms with Gasteiger partial charge in [-0.15, -0.1) is 0 Å². The molecule has 0 radical (unpaired) electrons. The molecule has 3 heterocycles. The molecule has 1 aliphatic heterocycles. The molecule has 0 fully saturated rings. The molecule has 31 heavy (non-hydrogen) atoms. The van der Waals surface area contributed by atoms with Crippen LogP contribution in [0.3, 0.4) is 0 Å². The van der Waals surface area contributed by atoms with E-state index in [0.29, 0.717) is 41.3 Å². The van der Waals surface area contributed by atoms with Gasteiger partial charge in [0.05, 0.1) is 11.4 Å². The molecule has 1 N–H and O–H groups in total. The number of nitrogens with zero attached hydrogens (tertiary/aromatic N) is 3. The number of hydrogen-bond acceptors (Lipinski definition) is 5. The molecule has 0 unspecified atom stereocenters. The molecule has 2 aromatic heterocycles. The lowest BCUT2D eigenvalue weighted by atomic mass is 10.1. The Kier molecular flexibility index (Phi) is 5.45. The number of ether oxygens (including phenoxy) is 1. The van der Waals surface area contributed by atoms with E-state index in [4.69, 9.17) is 0 Å². The van der Waals surface area contributed by atoms with E-state index in [1.54, 1.807) is 53.3 Å². The molecular formula is C21H17F3N4O3. The minimum Gasteiger partial charge on any atom is -0.454 e. The van der Waals surface area contributed by atoms with E-state index < -0.39 is 18.8 Å². The number of halogens is 3. The van der Waals surface area contributed by atoms with Gasteiger partial charge in [0, 0.05) is 30.4 Å². The van der Waals surface area contributed by atoms with Crippen molar-refractivity contribution in [1.29, 1.82) is 0 Å². The van der Waals surface area contributed by atoms with Gasteiger partial charge >= 0.3 is 12.1 Å². The Labute approximate surface area is 174 Å². The number of amides is 1. The fraction of sp³-hybridized carbons (Fsp3) is 0.238. The van der Waals surface area contributed by atoms with E-state index in [0.717, 1.165) is 12.0 Å². The lowest BCUT2D eigenvalue weighted by Gasteiger charge is -2.09. The Bertz CT molecular complexity index is 1140. The standard InChI is InChI=1S/C21H17F3N4O3/c22-21(23,24)20(30)31-12-13-3-1-4-14(9-13)16-10-15(5-7-25-16)17-11-18-19(29)26-6-2-8-28(18)27-17/h1,3-5,7,9-11H,2,6,8,12H2,(H,26,29). The second-order valence-electron chi connectivity index (χ2n) is 6.95. The van der Waals surface area contributed by atoms with E-state index in [1.165, 1.54) is 0 Å². The maximum absolute atomic E-state index is 12.3. The number of nitrogens with one attached hydrogen (secondary N) is 1. The van der Waals surface area contributed by atoms with Crippen molar-refractivity contribution in [3.05, 3.63) is 59.9 Å². The molecule has 0 spiro atoms. The Morgan fingerprint density at radius 3 is 2.74 bits per heavy atom. The highest BCUT2D eigenvalue weighted by Crippen LogP contribution is 2.26. The Hall–Kier alpha value is -3.69. The molecule has 4 rings (SSSR count). The molecule has 1 aromatic carbocycles. The third kappa shape index (κ3) is 4.57. The Balaban J connectivity index is 1.57. The average Bonchev–Trinajstić information content (AvgIpc) is 3.11. The number of carbonyl (C=O) groups is 2. The van der Waals surface area contributed by atoms with Gasteiger partial charge in [0.1, 0.15) is 12.3 Å². The molecule has 1 amide bonds. The van der Waals surface area contributed by atoms with Crippen molar-refractivity contribution in [3.63, 3.8) is 0 Å². The van der Waals surface area contributed by atoms with Crippen molar-refractivity contribution in [3.8, 4) is 22.5 Å². The number of aryl methyl sites for hydroxylation is 1. The first kappa shape index (κ1) is 20.6. The van der Waals surface area contributed by atoms with Crippen LogP contribution in [0.1, 0.15) is 22.5 Å². The number of alkyl halides is 3. The zero-order valence-electron chi connectivity index (χ0n) is 16.1. The van der Waals surface area contributed by atoms with Crippen LogP contribution in [0.5, 0.6) is 0 Å². The lowest BCUT2D eigenvalue weighted by Crippen LogP contribution is -2.25. The summed E-state index contributed by atoms with van der Waals surface area (Å²) in [6, 6.07) is 11.8. The van der Waals surface area contributed by atoms with Gasteiger partial charge in [-0.1, -0.05) is 18.2 Å². The number of aromatic nitrogens is 3. The van der Waals surface area contributed by atoms with Crippen LogP contribution < -0.4 is 5.32 Å². The van der Waals surface area contributed by atoms with Crippen LogP contribution in [0, 0.1) is 0 Å². The molecule has 7 nitrogen and oxygen atoms in total. The zero-order valence-corrected chi connectivity index (χ0v) is 16.1. The van der Waals surface area contributed by atoms with Crippen LogP contribution in [-0.2, 0) is 22.7 Å². The predicted octanol–water partition coefficient (Wildman–Crippen LogP) is 3.35. The summed E-state index contributed by atoms with van der Waals surface area (Å²) in [5, 5.41) is 7.34. The molecule has 160 valence electrons. The normalized spacial score (nSPS) is 13.8. The van der Waals surface area contributed by atoms with Crippen molar-refractivity contribution >= 4 is 11.9 Å². The Morgan fingerprint density at radius 2 is 1.94 bits per heavy atom. The SMILES string of the molecule is O=C1NCCCn2nc(-c3ccnc(-c4cccc(COC(=O)C(F)(F)F)c4)c3)cc21. The first-order valence-electron chi connectivity index (χ1n) is 9.47. The highest BCUT2D eigenvalue weighted by molar-refractivity contribution is 5.94. The van der Waals surface area contributed by atoms with Crippen molar-refractivity contribution in [1.82, 2.24) is 20.1 Å². The average molecular weight is 430 g/mol. The number of pyridine rings is 1. The van der Waals surface area contributed by atoms with Crippen LogP contribution in [0.15, 0.2) is 48.7 Å². The topological polar surface area (TPSA) is 86.1 Å². The van der Waals surface area contributed by atoms with Gasteiger partial charge in [-0.25, -0.2) is 4.79 Å². The summed E-state index contributed by atoms with van der Waals surface area (Å²) in [7, 11) is 0. The van der Waals surface area contributed by atoms with Gasteiger partial charge in [0.2, 0.25) is 0 Å². The van der Waals surface area contributed by atoms with Crippen LogP contribution in [0.4, 0.5) is 13.2 Å². The minimum absolute atomic E-state index is 0.174.